The van der Waals surface area contributed by atoms with E-state index in [-0.39, 0.29) is 24.6 Å². The molecular formula is C18H21FN2O4. The molecule has 1 amide bonds. The van der Waals surface area contributed by atoms with Crippen LogP contribution in [-0.2, 0) is 16.0 Å². The first-order chi connectivity index (χ1) is 12.1. The first-order valence-corrected chi connectivity index (χ1v) is 8.24. The second-order valence-electron chi connectivity index (χ2n) is 5.65. The van der Waals surface area contributed by atoms with Crippen LogP contribution < -0.4 is 5.32 Å². The second-order valence-corrected chi connectivity index (χ2v) is 5.65. The molecule has 0 saturated heterocycles. The summed E-state index contributed by atoms with van der Waals surface area (Å²) in [5, 5.41) is 11.3. The van der Waals surface area contributed by atoms with E-state index in [0.717, 1.165) is 12.8 Å². The van der Waals surface area contributed by atoms with Gasteiger partial charge in [-0.05, 0) is 25.0 Å². The molecule has 1 aromatic heterocycles. The summed E-state index contributed by atoms with van der Waals surface area (Å²) >= 11 is 0. The number of amides is 1. The quantitative estimate of drug-likeness (QED) is 0.643. The number of oxazole rings is 1. The molecule has 0 bridgehead atoms. The molecular weight excluding hydrogens is 327 g/mol. The number of carbonyl (C=O) groups excluding carboxylic acids is 1. The largest absolute Gasteiger partial charge is 0.481 e. The van der Waals surface area contributed by atoms with Gasteiger partial charge in [-0.2, -0.15) is 0 Å². The lowest BCUT2D eigenvalue weighted by molar-refractivity contribution is -0.137. The number of benzene rings is 1. The Bertz CT molecular complexity index is 715. The summed E-state index contributed by atoms with van der Waals surface area (Å²) in [6, 6.07) is 6.27. The number of carboxylic acid groups (broad SMARTS) is 1. The molecule has 0 radical (unpaired) electrons. The molecule has 0 spiro atoms. The third kappa shape index (κ3) is 6.37. The van der Waals surface area contributed by atoms with E-state index < -0.39 is 5.97 Å². The highest BCUT2D eigenvalue weighted by molar-refractivity contribution is 5.76. The van der Waals surface area contributed by atoms with Gasteiger partial charge in [0.2, 0.25) is 5.91 Å². The van der Waals surface area contributed by atoms with Gasteiger partial charge in [-0.25, -0.2) is 9.37 Å². The third-order valence-corrected chi connectivity index (χ3v) is 3.65. The summed E-state index contributed by atoms with van der Waals surface area (Å²) in [6.45, 7) is 0.518. The molecule has 0 fully saturated rings. The molecule has 7 heteroatoms. The topological polar surface area (TPSA) is 92.4 Å². The van der Waals surface area contributed by atoms with Crippen molar-refractivity contribution in [1.82, 2.24) is 10.3 Å². The number of unbranched alkanes of at least 4 members (excludes halogenated alkanes) is 2. The number of nitrogens with one attached hydrogen (secondary N) is 1. The monoisotopic (exact) mass is 348 g/mol. The van der Waals surface area contributed by atoms with Crippen molar-refractivity contribution in [2.24, 2.45) is 0 Å². The Kier molecular flexibility index (Phi) is 7.13. The van der Waals surface area contributed by atoms with E-state index in [1.165, 1.54) is 12.3 Å². The second kappa shape index (κ2) is 9.56. The van der Waals surface area contributed by atoms with Crippen molar-refractivity contribution in [2.75, 3.05) is 6.54 Å². The Morgan fingerprint density at radius 2 is 1.96 bits per heavy atom. The van der Waals surface area contributed by atoms with E-state index in [0.29, 0.717) is 36.6 Å². The molecule has 0 aliphatic carbocycles. The van der Waals surface area contributed by atoms with Crippen molar-refractivity contribution in [1.29, 1.82) is 0 Å². The number of carbonyl (C=O) groups is 2. The Hall–Kier alpha value is -2.70. The van der Waals surface area contributed by atoms with E-state index in [4.69, 9.17) is 9.52 Å². The van der Waals surface area contributed by atoms with Gasteiger partial charge in [-0.1, -0.05) is 18.6 Å². The molecule has 2 aromatic rings. The minimum absolute atomic E-state index is 0.121. The van der Waals surface area contributed by atoms with Gasteiger partial charge in [-0.3, -0.25) is 9.59 Å². The summed E-state index contributed by atoms with van der Waals surface area (Å²) in [6.07, 6.45) is 4.29. The average Bonchev–Trinajstić information content (AvgIpc) is 3.05. The molecule has 134 valence electrons. The molecule has 0 aliphatic heterocycles. The maximum absolute atomic E-state index is 13.7. The SMILES string of the molecule is O=C(O)CCCCCNC(=O)CCc1ncc(-c2ccccc2F)o1. The highest BCUT2D eigenvalue weighted by Gasteiger charge is 2.11. The van der Waals surface area contributed by atoms with Gasteiger partial charge in [0, 0.05) is 25.8 Å². The van der Waals surface area contributed by atoms with E-state index in [1.54, 1.807) is 18.2 Å². The third-order valence-electron chi connectivity index (χ3n) is 3.65. The van der Waals surface area contributed by atoms with Crippen molar-refractivity contribution < 1.29 is 23.5 Å². The fourth-order valence-electron chi connectivity index (χ4n) is 2.33. The minimum atomic E-state index is -0.801. The van der Waals surface area contributed by atoms with Crippen molar-refractivity contribution in [2.45, 2.75) is 38.5 Å². The number of aliphatic carboxylic acids is 1. The molecule has 1 heterocycles. The van der Waals surface area contributed by atoms with Crippen LogP contribution in [0.25, 0.3) is 11.3 Å². The summed E-state index contributed by atoms with van der Waals surface area (Å²) in [4.78, 5) is 26.2. The standard InChI is InChI=1S/C18H21FN2O4/c19-14-7-4-3-6-13(14)15-12-21-17(25-15)10-9-16(22)20-11-5-1-2-8-18(23)24/h3-4,6-7,12H,1-2,5,8-11H2,(H,20,22)(H,23,24). The summed E-state index contributed by atoms with van der Waals surface area (Å²) in [5.41, 5.74) is 0.340. The number of nitrogens with zero attached hydrogens (tertiary/aromatic N) is 1. The molecule has 0 aliphatic rings. The molecule has 1 aromatic carbocycles. The Balaban J connectivity index is 1.69. The Labute approximate surface area is 145 Å². The predicted molar refractivity (Wildman–Crippen MR) is 89.3 cm³/mol. The van der Waals surface area contributed by atoms with Crippen LogP contribution in [0.3, 0.4) is 0 Å². The maximum atomic E-state index is 13.7. The van der Waals surface area contributed by atoms with Crippen LogP contribution in [-0.4, -0.2) is 28.5 Å². The smallest absolute Gasteiger partial charge is 0.303 e. The fourth-order valence-corrected chi connectivity index (χ4v) is 2.33. The van der Waals surface area contributed by atoms with Crippen LogP contribution in [0.2, 0.25) is 0 Å². The molecule has 0 saturated carbocycles. The average molecular weight is 348 g/mol. The molecule has 6 nitrogen and oxygen atoms in total. The number of carboxylic acids is 1. The van der Waals surface area contributed by atoms with Gasteiger partial charge in [-0.15, -0.1) is 0 Å². The molecule has 2 rings (SSSR count). The van der Waals surface area contributed by atoms with Gasteiger partial charge in [0.25, 0.3) is 0 Å². The van der Waals surface area contributed by atoms with Crippen LogP contribution in [0.5, 0.6) is 0 Å². The van der Waals surface area contributed by atoms with Crippen LogP contribution in [0.1, 0.15) is 38.0 Å². The lowest BCUT2D eigenvalue weighted by atomic mass is 10.2. The first-order valence-electron chi connectivity index (χ1n) is 8.24. The maximum Gasteiger partial charge on any atom is 0.303 e. The van der Waals surface area contributed by atoms with E-state index >= 15 is 0 Å². The van der Waals surface area contributed by atoms with Crippen molar-refractivity contribution in [3.05, 3.63) is 42.2 Å². The number of hydrogen-bond donors (Lipinski definition) is 2. The van der Waals surface area contributed by atoms with Gasteiger partial charge >= 0.3 is 5.97 Å². The number of hydrogen-bond acceptors (Lipinski definition) is 4. The summed E-state index contributed by atoms with van der Waals surface area (Å²) < 4.78 is 19.2. The molecule has 2 N–H and O–H groups in total. The Morgan fingerprint density at radius 3 is 2.72 bits per heavy atom. The predicted octanol–water partition coefficient (Wildman–Crippen LogP) is 3.17. The first kappa shape index (κ1) is 18.6. The van der Waals surface area contributed by atoms with Crippen molar-refractivity contribution >= 4 is 11.9 Å². The van der Waals surface area contributed by atoms with Crippen LogP contribution in [0.15, 0.2) is 34.9 Å². The van der Waals surface area contributed by atoms with Gasteiger partial charge < -0.3 is 14.8 Å². The highest BCUT2D eigenvalue weighted by atomic mass is 19.1. The van der Waals surface area contributed by atoms with Crippen molar-refractivity contribution in [3.8, 4) is 11.3 Å². The molecule has 0 atom stereocenters. The zero-order chi connectivity index (χ0) is 18.1. The van der Waals surface area contributed by atoms with Crippen LogP contribution in [0.4, 0.5) is 4.39 Å². The zero-order valence-corrected chi connectivity index (χ0v) is 13.8. The molecule has 25 heavy (non-hydrogen) atoms. The minimum Gasteiger partial charge on any atom is -0.481 e. The van der Waals surface area contributed by atoms with Crippen LogP contribution in [0, 0.1) is 5.82 Å². The number of halogens is 1. The van der Waals surface area contributed by atoms with E-state index in [2.05, 4.69) is 10.3 Å². The zero-order valence-electron chi connectivity index (χ0n) is 13.8. The van der Waals surface area contributed by atoms with Crippen molar-refractivity contribution in [3.63, 3.8) is 0 Å². The van der Waals surface area contributed by atoms with Gasteiger partial charge in [0.1, 0.15) is 5.82 Å². The lowest BCUT2D eigenvalue weighted by Crippen LogP contribution is -2.24. The highest BCUT2D eigenvalue weighted by Crippen LogP contribution is 2.23. The van der Waals surface area contributed by atoms with E-state index in [1.807, 2.05) is 0 Å². The number of aromatic nitrogens is 1. The molecule has 0 unspecified atom stereocenters. The lowest BCUT2D eigenvalue weighted by Gasteiger charge is -2.03. The van der Waals surface area contributed by atoms with Gasteiger partial charge in [0.05, 0.1) is 11.8 Å². The fraction of sp³-hybridized carbons (Fsp3) is 0.389. The van der Waals surface area contributed by atoms with Gasteiger partial charge in [0.15, 0.2) is 11.7 Å². The summed E-state index contributed by atoms with van der Waals surface area (Å²) in [5.74, 6) is -0.582. The summed E-state index contributed by atoms with van der Waals surface area (Å²) in [7, 11) is 0. The normalized spacial score (nSPS) is 10.6. The Morgan fingerprint density at radius 1 is 1.16 bits per heavy atom. The number of aryl methyl sites for hydroxylation is 1. The van der Waals surface area contributed by atoms with E-state index in [9.17, 15) is 14.0 Å². The van der Waals surface area contributed by atoms with Crippen LogP contribution >= 0.6 is 0 Å². The number of rotatable bonds is 10.